The lowest BCUT2D eigenvalue weighted by Crippen LogP contribution is -2.42. The Balaban J connectivity index is 4.30. The Morgan fingerprint density at radius 2 is 2.07 bits per heavy atom. The molecule has 0 fully saturated rings. The second kappa shape index (κ2) is 5.74. The van der Waals surface area contributed by atoms with Crippen LogP contribution < -0.4 is 11.1 Å². The number of carbonyl (C=O) groups excluding carboxylic acids is 2. The van der Waals surface area contributed by atoms with Crippen molar-refractivity contribution >= 4 is 17.8 Å². The summed E-state index contributed by atoms with van der Waals surface area (Å²) >= 11 is 0. The predicted molar refractivity (Wildman–Crippen MR) is 48.2 cm³/mol. The molecule has 14 heavy (non-hydrogen) atoms. The first kappa shape index (κ1) is 12.2. The number of nitrogens with one attached hydrogen (secondary N) is 1. The molecule has 0 aliphatic carbocycles. The molecule has 0 aromatic heterocycles. The lowest BCUT2D eigenvalue weighted by molar-refractivity contribution is -0.142. The lowest BCUT2D eigenvalue weighted by atomic mass is 10.2. The van der Waals surface area contributed by atoms with Crippen molar-refractivity contribution < 1.29 is 19.5 Å². The Labute approximate surface area is 80.8 Å². The van der Waals surface area contributed by atoms with Crippen molar-refractivity contribution in [1.82, 2.24) is 5.32 Å². The van der Waals surface area contributed by atoms with Gasteiger partial charge in [-0.2, -0.15) is 0 Å². The van der Waals surface area contributed by atoms with Gasteiger partial charge in [0.05, 0.1) is 6.42 Å². The fourth-order valence-corrected chi connectivity index (χ4v) is 0.772. The van der Waals surface area contributed by atoms with Crippen LogP contribution in [0.15, 0.2) is 12.2 Å². The van der Waals surface area contributed by atoms with Gasteiger partial charge in [-0.3, -0.25) is 9.59 Å². The van der Waals surface area contributed by atoms with E-state index in [1.807, 2.05) is 0 Å². The first-order valence-electron chi connectivity index (χ1n) is 3.91. The summed E-state index contributed by atoms with van der Waals surface area (Å²) in [5.74, 6) is -2.64. The van der Waals surface area contributed by atoms with E-state index in [1.165, 1.54) is 6.08 Å². The largest absolute Gasteiger partial charge is 0.480 e. The fourth-order valence-electron chi connectivity index (χ4n) is 0.772. The van der Waals surface area contributed by atoms with E-state index < -0.39 is 30.2 Å². The van der Waals surface area contributed by atoms with Crippen LogP contribution in [-0.2, 0) is 14.4 Å². The van der Waals surface area contributed by atoms with Crippen LogP contribution in [0.25, 0.3) is 0 Å². The normalized spacial score (nSPS) is 12.4. The Kier molecular flexibility index (Phi) is 4.98. The van der Waals surface area contributed by atoms with Crippen LogP contribution >= 0.6 is 0 Å². The van der Waals surface area contributed by atoms with Gasteiger partial charge in [0.15, 0.2) is 0 Å². The molecule has 0 aromatic carbocycles. The van der Waals surface area contributed by atoms with E-state index >= 15 is 0 Å². The second-order valence-electron chi connectivity index (χ2n) is 2.57. The van der Waals surface area contributed by atoms with Gasteiger partial charge in [-0.25, -0.2) is 4.79 Å². The van der Waals surface area contributed by atoms with Crippen LogP contribution in [0, 0.1) is 0 Å². The van der Waals surface area contributed by atoms with Gasteiger partial charge in [0, 0.05) is 0 Å². The van der Waals surface area contributed by atoms with Crippen LogP contribution in [0.4, 0.5) is 0 Å². The number of hydrogen-bond acceptors (Lipinski definition) is 3. The van der Waals surface area contributed by atoms with Crippen molar-refractivity contribution in [3.63, 3.8) is 0 Å². The number of aliphatic carboxylic acids is 1. The monoisotopic (exact) mass is 200 g/mol. The summed E-state index contributed by atoms with van der Waals surface area (Å²) in [5.41, 5.74) is 4.81. The van der Waals surface area contributed by atoms with Crippen LogP contribution in [0.2, 0.25) is 0 Å². The average molecular weight is 200 g/mol. The van der Waals surface area contributed by atoms with Gasteiger partial charge in [-0.15, -0.1) is 0 Å². The first-order chi connectivity index (χ1) is 6.47. The molecule has 0 saturated heterocycles. The summed E-state index contributed by atoms with van der Waals surface area (Å²) in [5, 5.41) is 10.7. The van der Waals surface area contributed by atoms with Gasteiger partial charge in [0.1, 0.15) is 6.04 Å². The molecule has 4 N–H and O–H groups in total. The molecule has 0 bridgehead atoms. The van der Waals surface area contributed by atoms with Gasteiger partial charge in [-0.05, 0) is 13.0 Å². The van der Waals surface area contributed by atoms with Crippen LogP contribution in [0.5, 0.6) is 0 Å². The number of carbonyl (C=O) groups is 3. The summed E-state index contributed by atoms with van der Waals surface area (Å²) in [6.07, 6.45) is 2.20. The molecule has 0 radical (unpaired) electrons. The van der Waals surface area contributed by atoms with Crippen LogP contribution in [0.3, 0.4) is 0 Å². The van der Waals surface area contributed by atoms with E-state index in [0.29, 0.717) is 0 Å². The smallest absolute Gasteiger partial charge is 0.326 e. The highest BCUT2D eigenvalue weighted by Gasteiger charge is 2.20. The second-order valence-corrected chi connectivity index (χ2v) is 2.57. The van der Waals surface area contributed by atoms with Gasteiger partial charge >= 0.3 is 5.97 Å². The minimum Gasteiger partial charge on any atom is -0.480 e. The summed E-state index contributed by atoms with van der Waals surface area (Å²) in [6, 6.07) is -1.27. The first-order valence-corrected chi connectivity index (χ1v) is 3.91. The van der Waals surface area contributed by atoms with E-state index in [-0.39, 0.29) is 0 Å². The SMILES string of the molecule is CC=CC(=O)N[C@@H](CC(N)=O)C(=O)O. The van der Waals surface area contributed by atoms with Crippen molar-refractivity contribution in [2.45, 2.75) is 19.4 Å². The van der Waals surface area contributed by atoms with E-state index in [2.05, 4.69) is 5.32 Å². The molecule has 6 heteroatoms. The van der Waals surface area contributed by atoms with Crippen LogP contribution in [0.1, 0.15) is 13.3 Å². The number of primary amides is 1. The molecule has 1 atom stereocenters. The van der Waals surface area contributed by atoms with Gasteiger partial charge in [-0.1, -0.05) is 6.08 Å². The van der Waals surface area contributed by atoms with Crippen molar-refractivity contribution in [2.24, 2.45) is 5.73 Å². The van der Waals surface area contributed by atoms with E-state index in [9.17, 15) is 14.4 Å². The number of carboxylic acid groups (broad SMARTS) is 1. The molecule has 2 amide bonds. The van der Waals surface area contributed by atoms with Gasteiger partial charge in [0.25, 0.3) is 0 Å². The predicted octanol–water partition coefficient (Wildman–Crippen LogP) is -0.993. The molecular weight excluding hydrogens is 188 g/mol. The molecule has 0 unspecified atom stereocenters. The summed E-state index contributed by atoms with van der Waals surface area (Å²) in [4.78, 5) is 31.9. The Morgan fingerprint density at radius 3 is 2.43 bits per heavy atom. The standard InChI is InChI=1S/C8H12N2O4/c1-2-3-7(12)10-5(8(13)14)4-6(9)11/h2-3,5H,4H2,1H3,(H2,9,11)(H,10,12)(H,13,14)/t5-/m0/s1. The maximum Gasteiger partial charge on any atom is 0.326 e. The molecule has 0 aliphatic rings. The molecule has 0 saturated carbocycles. The summed E-state index contributed by atoms with van der Waals surface area (Å²) in [6.45, 7) is 1.61. The van der Waals surface area contributed by atoms with Crippen molar-refractivity contribution in [3.8, 4) is 0 Å². The van der Waals surface area contributed by atoms with Crippen molar-refractivity contribution in [1.29, 1.82) is 0 Å². The quantitative estimate of drug-likeness (QED) is 0.495. The minimum absolute atomic E-state index is 0.418. The third kappa shape index (κ3) is 4.91. The number of carboxylic acids is 1. The maximum atomic E-state index is 10.9. The molecule has 0 aromatic rings. The Hall–Kier alpha value is -1.85. The highest BCUT2D eigenvalue weighted by Crippen LogP contribution is 1.91. The highest BCUT2D eigenvalue weighted by molar-refractivity contribution is 5.92. The number of nitrogens with two attached hydrogens (primary N) is 1. The zero-order chi connectivity index (χ0) is 11.1. The molecule has 0 spiro atoms. The fraction of sp³-hybridized carbons (Fsp3) is 0.375. The number of allylic oxidation sites excluding steroid dienone is 1. The van der Waals surface area contributed by atoms with Crippen molar-refractivity contribution in [3.05, 3.63) is 12.2 Å². The molecule has 6 nitrogen and oxygen atoms in total. The molecule has 0 heterocycles. The Morgan fingerprint density at radius 1 is 1.50 bits per heavy atom. The lowest BCUT2D eigenvalue weighted by Gasteiger charge is -2.10. The molecule has 0 aliphatic heterocycles. The van der Waals surface area contributed by atoms with Crippen LogP contribution in [-0.4, -0.2) is 28.9 Å². The number of amides is 2. The molecule has 0 rings (SSSR count). The van der Waals surface area contributed by atoms with Gasteiger partial charge < -0.3 is 16.2 Å². The highest BCUT2D eigenvalue weighted by atomic mass is 16.4. The topological polar surface area (TPSA) is 109 Å². The summed E-state index contributed by atoms with van der Waals surface area (Å²) < 4.78 is 0. The third-order valence-corrected chi connectivity index (χ3v) is 1.34. The Bertz CT molecular complexity index is 273. The zero-order valence-electron chi connectivity index (χ0n) is 7.69. The van der Waals surface area contributed by atoms with E-state index in [4.69, 9.17) is 10.8 Å². The molecule has 78 valence electrons. The van der Waals surface area contributed by atoms with E-state index in [0.717, 1.165) is 6.08 Å². The third-order valence-electron chi connectivity index (χ3n) is 1.34. The number of rotatable bonds is 5. The molecular formula is C8H12N2O4. The number of hydrogen-bond donors (Lipinski definition) is 3. The van der Waals surface area contributed by atoms with Crippen molar-refractivity contribution in [2.75, 3.05) is 0 Å². The van der Waals surface area contributed by atoms with Gasteiger partial charge in [0.2, 0.25) is 11.8 Å². The zero-order valence-corrected chi connectivity index (χ0v) is 7.69. The average Bonchev–Trinajstić information content (AvgIpc) is 2.02. The minimum atomic E-state index is -1.29. The van der Waals surface area contributed by atoms with E-state index in [1.54, 1.807) is 6.92 Å². The summed E-state index contributed by atoms with van der Waals surface area (Å²) in [7, 11) is 0. The maximum absolute atomic E-state index is 10.9.